The number of hydrogen-bond donors (Lipinski definition) is 1. The first-order valence-corrected chi connectivity index (χ1v) is 11.6. The molecule has 0 saturated carbocycles. The average Bonchev–Trinajstić information content (AvgIpc) is 3.53. The first-order valence-electron chi connectivity index (χ1n) is 11.6. The molecule has 0 bridgehead atoms. The zero-order chi connectivity index (χ0) is 24.6. The Hall–Kier alpha value is -4.13. The Morgan fingerprint density at radius 3 is 2.49 bits per heavy atom. The lowest BCUT2D eigenvalue weighted by atomic mass is 10.2. The summed E-state index contributed by atoms with van der Waals surface area (Å²) in [6.45, 7) is 3.85. The minimum atomic E-state index is -0.371. The predicted molar refractivity (Wildman–Crippen MR) is 131 cm³/mol. The highest BCUT2D eigenvalue weighted by molar-refractivity contribution is 5.94. The van der Waals surface area contributed by atoms with Gasteiger partial charge in [0.25, 0.3) is 11.8 Å². The summed E-state index contributed by atoms with van der Waals surface area (Å²) in [5.41, 5.74) is 2.40. The highest BCUT2D eigenvalue weighted by Crippen LogP contribution is 2.16. The number of carbonyl (C=O) groups excluding carboxylic acids is 2. The molecule has 0 radical (unpaired) electrons. The molecule has 0 aliphatic carbocycles. The van der Waals surface area contributed by atoms with Crippen LogP contribution in [0.5, 0.6) is 0 Å². The number of hydrogen-bond acceptors (Lipinski definition) is 3. The second-order valence-electron chi connectivity index (χ2n) is 8.30. The molecule has 0 spiro atoms. The summed E-state index contributed by atoms with van der Waals surface area (Å²) in [4.78, 5) is 27.2. The summed E-state index contributed by atoms with van der Waals surface area (Å²) >= 11 is 0. The van der Waals surface area contributed by atoms with Gasteiger partial charge in [0.15, 0.2) is 5.76 Å². The molecule has 4 rings (SSSR count). The van der Waals surface area contributed by atoms with E-state index in [4.69, 9.17) is 4.42 Å². The molecule has 35 heavy (non-hydrogen) atoms. The lowest BCUT2D eigenvalue weighted by molar-refractivity contribution is 0.0739. The molecule has 2 amide bonds. The lowest BCUT2D eigenvalue weighted by Gasteiger charge is -2.23. The normalized spacial score (nSPS) is 10.8. The van der Waals surface area contributed by atoms with E-state index in [1.807, 2.05) is 60.2 Å². The minimum Gasteiger partial charge on any atom is -0.454 e. The maximum atomic E-state index is 13.3. The van der Waals surface area contributed by atoms with Crippen LogP contribution in [-0.2, 0) is 19.6 Å². The van der Waals surface area contributed by atoms with Crippen molar-refractivity contribution in [2.75, 3.05) is 6.54 Å². The predicted octanol–water partition coefficient (Wildman–Crippen LogP) is 5.25. The molecule has 180 valence electrons. The van der Waals surface area contributed by atoms with Gasteiger partial charge in [0.05, 0.1) is 13.1 Å². The quantitative estimate of drug-likeness (QED) is 0.342. The van der Waals surface area contributed by atoms with E-state index < -0.39 is 0 Å². The van der Waals surface area contributed by atoms with Crippen LogP contribution in [0.15, 0.2) is 89.5 Å². The average molecular weight is 474 g/mol. The number of furan rings is 1. The van der Waals surface area contributed by atoms with E-state index in [0.29, 0.717) is 37.5 Å². The third-order valence-corrected chi connectivity index (χ3v) is 5.66. The lowest BCUT2D eigenvalue weighted by Crippen LogP contribution is -2.32. The Labute approximate surface area is 204 Å². The molecule has 4 aromatic rings. The molecule has 0 atom stereocenters. The van der Waals surface area contributed by atoms with Crippen LogP contribution in [-0.4, -0.2) is 27.8 Å². The van der Waals surface area contributed by atoms with E-state index in [1.165, 1.54) is 24.3 Å². The van der Waals surface area contributed by atoms with Gasteiger partial charge in [0.2, 0.25) is 0 Å². The summed E-state index contributed by atoms with van der Waals surface area (Å²) in [7, 11) is 0. The number of nitrogens with zero attached hydrogens (tertiary/aromatic N) is 2. The van der Waals surface area contributed by atoms with Crippen molar-refractivity contribution in [3.05, 3.63) is 119 Å². The SMILES string of the molecule is CCCN(Cc1cccn1Cc1ccc(C(=O)NCc2ccccc2)o1)C(=O)c1ccc(F)cc1. The molecular weight excluding hydrogens is 445 g/mol. The fourth-order valence-electron chi connectivity index (χ4n) is 3.86. The monoisotopic (exact) mass is 473 g/mol. The molecule has 2 aromatic carbocycles. The van der Waals surface area contributed by atoms with Crippen LogP contribution in [0.4, 0.5) is 4.39 Å². The van der Waals surface area contributed by atoms with Crippen LogP contribution in [0.2, 0.25) is 0 Å². The zero-order valence-corrected chi connectivity index (χ0v) is 19.6. The standard InChI is InChI=1S/C28H28FN3O3/c1-2-16-32(28(34)22-10-12-23(29)13-11-22)19-24-9-6-17-31(24)20-25-14-15-26(35-25)27(33)30-18-21-7-4-3-5-8-21/h3-15,17H,2,16,18-20H2,1H3,(H,30,33). The number of rotatable bonds is 10. The Morgan fingerprint density at radius 2 is 1.74 bits per heavy atom. The molecule has 0 aliphatic heterocycles. The van der Waals surface area contributed by atoms with Gasteiger partial charge in [0, 0.05) is 30.5 Å². The molecule has 1 N–H and O–H groups in total. The maximum absolute atomic E-state index is 13.3. The number of nitrogens with one attached hydrogen (secondary N) is 1. The molecule has 2 heterocycles. The Balaban J connectivity index is 1.40. The van der Waals surface area contributed by atoms with Crippen LogP contribution >= 0.6 is 0 Å². The fourth-order valence-corrected chi connectivity index (χ4v) is 3.86. The third-order valence-electron chi connectivity index (χ3n) is 5.66. The van der Waals surface area contributed by atoms with E-state index in [0.717, 1.165) is 17.7 Å². The van der Waals surface area contributed by atoms with Crippen LogP contribution < -0.4 is 5.32 Å². The Kier molecular flexibility index (Phi) is 7.77. The first kappa shape index (κ1) is 24.0. The van der Waals surface area contributed by atoms with Crippen LogP contribution in [0.3, 0.4) is 0 Å². The minimum absolute atomic E-state index is 0.144. The zero-order valence-electron chi connectivity index (χ0n) is 19.6. The summed E-state index contributed by atoms with van der Waals surface area (Å²) in [6.07, 6.45) is 2.72. The highest BCUT2D eigenvalue weighted by Gasteiger charge is 2.18. The van der Waals surface area contributed by atoms with Gasteiger partial charge in [-0.3, -0.25) is 9.59 Å². The molecule has 0 fully saturated rings. The third kappa shape index (κ3) is 6.26. The molecule has 0 saturated heterocycles. The van der Waals surface area contributed by atoms with Crippen LogP contribution in [0.1, 0.15) is 51.3 Å². The Bertz CT molecular complexity index is 1260. The van der Waals surface area contributed by atoms with Gasteiger partial charge in [-0.2, -0.15) is 0 Å². The molecule has 0 aliphatic rings. The maximum Gasteiger partial charge on any atom is 0.287 e. The van der Waals surface area contributed by atoms with E-state index in [-0.39, 0.29) is 23.4 Å². The van der Waals surface area contributed by atoms with Crippen LogP contribution in [0.25, 0.3) is 0 Å². The second kappa shape index (κ2) is 11.3. The van der Waals surface area contributed by atoms with Gasteiger partial charge in [-0.15, -0.1) is 0 Å². The van der Waals surface area contributed by atoms with Gasteiger partial charge >= 0.3 is 0 Å². The molecule has 0 unspecified atom stereocenters. The van der Waals surface area contributed by atoms with Gasteiger partial charge in [-0.25, -0.2) is 4.39 Å². The number of carbonyl (C=O) groups is 2. The molecular formula is C28H28FN3O3. The number of aromatic nitrogens is 1. The topological polar surface area (TPSA) is 67.5 Å². The summed E-state index contributed by atoms with van der Waals surface area (Å²) < 4.78 is 21.1. The van der Waals surface area contributed by atoms with Crippen LogP contribution in [0, 0.1) is 5.82 Å². The van der Waals surface area contributed by atoms with Gasteiger partial charge in [0.1, 0.15) is 11.6 Å². The highest BCUT2D eigenvalue weighted by atomic mass is 19.1. The van der Waals surface area contributed by atoms with Crippen molar-refractivity contribution in [3.8, 4) is 0 Å². The van der Waals surface area contributed by atoms with Gasteiger partial charge in [-0.05, 0) is 60.5 Å². The molecule has 2 aromatic heterocycles. The van der Waals surface area contributed by atoms with Crippen molar-refractivity contribution in [2.24, 2.45) is 0 Å². The second-order valence-corrected chi connectivity index (χ2v) is 8.30. The van der Waals surface area contributed by atoms with Crippen molar-refractivity contribution in [1.82, 2.24) is 14.8 Å². The van der Waals surface area contributed by atoms with Gasteiger partial charge < -0.3 is 19.2 Å². The summed E-state index contributed by atoms with van der Waals surface area (Å²) in [5, 5.41) is 2.86. The van der Waals surface area contributed by atoms with Crippen molar-refractivity contribution in [2.45, 2.75) is 33.0 Å². The first-order chi connectivity index (χ1) is 17.0. The Morgan fingerprint density at radius 1 is 0.971 bits per heavy atom. The largest absolute Gasteiger partial charge is 0.454 e. The summed E-state index contributed by atoms with van der Waals surface area (Å²) in [5.74, 6) is 0.105. The molecule has 7 heteroatoms. The number of amides is 2. The van der Waals surface area contributed by atoms with Gasteiger partial charge in [-0.1, -0.05) is 37.3 Å². The smallest absolute Gasteiger partial charge is 0.287 e. The fraction of sp³-hybridized carbons (Fsp3) is 0.214. The van der Waals surface area contributed by atoms with E-state index in [2.05, 4.69) is 5.32 Å². The number of benzene rings is 2. The van der Waals surface area contributed by atoms with Crippen molar-refractivity contribution in [3.63, 3.8) is 0 Å². The molecule has 6 nitrogen and oxygen atoms in total. The van der Waals surface area contributed by atoms with Crippen molar-refractivity contribution >= 4 is 11.8 Å². The van der Waals surface area contributed by atoms with E-state index >= 15 is 0 Å². The van der Waals surface area contributed by atoms with Crippen molar-refractivity contribution in [1.29, 1.82) is 0 Å². The van der Waals surface area contributed by atoms with E-state index in [1.54, 1.807) is 17.0 Å². The van der Waals surface area contributed by atoms with E-state index in [9.17, 15) is 14.0 Å². The summed E-state index contributed by atoms with van der Waals surface area (Å²) in [6, 6.07) is 22.6. The number of halogens is 1. The van der Waals surface area contributed by atoms with Crippen molar-refractivity contribution < 1.29 is 18.4 Å².